The van der Waals surface area contributed by atoms with Gasteiger partial charge < -0.3 is 14.8 Å². The molecule has 1 aromatic rings. The van der Waals surface area contributed by atoms with Crippen molar-refractivity contribution in [2.75, 3.05) is 19.5 Å². The maximum atomic E-state index is 5.43. The van der Waals surface area contributed by atoms with Crippen molar-refractivity contribution in [1.29, 1.82) is 0 Å². The molecule has 0 aliphatic heterocycles. The van der Waals surface area contributed by atoms with E-state index in [-0.39, 0.29) is 0 Å². The van der Waals surface area contributed by atoms with Crippen LogP contribution in [-0.4, -0.2) is 20.3 Å². The summed E-state index contributed by atoms with van der Waals surface area (Å²) in [5.41, 5.74) is 1.04. The summed E-state index contributed by atoms with van der Waals surface area (Å²) in [4.78, 5) is 0. The summed E-state index contributed by atoms with van der Waals surface area (Å²) in [5.74, 6) is 3.24. The number of hydrogen-bond donors (Lipinski definition) is 1. The lowest BCUT2D eigenvalue weighted by atomic mass is 9.80. The van der Waals surface area contributed by atoms with Gasteiger partial charge in [-0.05, 0) is 36.8 Å². The molecule has 0 amide bonds. The van der Waals surface area contributed by atoms with Gasteiger partial charge in [0.25, 0.3) is 0 Å². The molecule has 1 aromatic carbocycles. The number of nitrogens with one attached hydrogen (secondary N) is 1. The van der Waals surface area contributed by atoms with Gasteiger partial charge in [0.05, 0.1) is 19.9 Å². The van der Waals surface area contributed by atoms with Crippen molar-refractivity contribution in [3.8, 4) is 11.5 Å². The molecule has 19 heavy (non-hydrogen) atoms. The molecule has 3 atom stereocenters. The number of hydrogen-bond acceptors (Lipinski definition) is 3. The quantitative estimate of drug-likeness (QED) is 0.892. The van der Waals surface area contributed by atoms with Crippen molar-refractivity contribution in [2.45, 2.75) is 39.2 Å². The van der Waals surface area contributed by atoms with Gasteiger partial charge in [-0.3, -0.25) is 0 Å². The smallest absolute Gasteiger partial charge is 0.142 e. The summed E-state index contributed by atoms with van der Waals surface area (Å²) in [6, 6.07) is 6.42. The summed E-state index contributed by atoms with van der Waals surface area (Å²) >= 11 is 0. The standard InChI is InChI=1S/C16H25NO2/c1-11-5-6-12(2)14(9-11)17-15-10-13(18-3)7-8-16(15)19-4/h7-8,10-12,14,17H,5-6,9H2,1-4H3. The largest absolute Gasteiger partial charge is 0.497 e. The van der Waals surface area contributed by atoms with E-state index in [1.54, 1.807) is 14.2 Å². The van der Waals surface area contributed by atoms with Crippen molar-refractivity contribution in [3.63, 3.8) is 0 Å². The van der Waals surface area contributed by atoms with Gasteiger partial charge in [0.2, 0.25) is 0 Å². The summed E-state index contributed by atoms with van der Waals surface area (Å²) in [6.45, 7) is 4.67. The molecule has 0 bridgehead atoms. The number of benzene rings is 1. The van der Waals surface area contributed by atoms with Crippen LogP contribution in [0, 0.1) is 11.8 Å². The Morgan fingerprint density at radius 1 is 1.11 bits per heavy atom. The molecule has 1 N–H and O–H groups in total. The Kier molecular flexibility index (Phi) is 4.56. The summed E-state index contributed by atoms with van der Waals surface area (Å²) in [7, 11) is 3.40. The molecule has 0 saturated heterocycles. The van der Waals surface area contributed by atoms with E-state index in [1.807, 2.05) is 18.2 Å². The number of methoxy groups -OCH3 is 2. The van der Waals surface area contributed by atoms with E-state index in [0.29, 0.717) is 12.0 Å². The van der Waals surface area contributed by atoms with Crippen LogP contribution < -0.4 is 14.8 Å². The number of rotatable bonds is 4. The number of ether oxygens (including phenoxy) is 2. The monoisotopic (exact) mass is 263 g/mol. The first-order chi connectivity index (χ1) is 9.13. The maximum absolute atomic E-state index is 5.43. The Morgan fingerprint density at radius 3 is 2.58 bits per heavy atom. The summed E-state index contributed by atoms with van der Waals surface area (Å²) < 4.78 is 10.7. The maximum Gasteiger partial charge on any atom is 0.142 e. The third-order valence-corrected chi connectivity index (χ3v) is 4.21. The molecule has 1 aliphatic rings. The van der Waals surface area contributed by atoms with Gasteiger partial charge >= 0.3 is 0 Å². The highest BCUT2D eigenvalue weighted by Crippen LogP contribution is 2.35. The first kappa shape index (κ1) is 14.0. The molecule has 3 unspecified atom stereocenters. The van der Waals surface area contributed by atoms with E-state index in [1.165, 1.54) is 19.3 Å². The molecule has 0 heterocycles. The highest BCUT2D eigenvalue weighted by molar-refractivity contribution is 5.60. The van der Waals surface area contributed by atoms with Gasteiger partial charge in [-0.15, -0.1) is 0 Å². The molecule has 1 aliphatic carbocycles. The second kappa shape index (κ2) is 6.18. The molecule has 3 nitrogen and oxygen atoms in total. The van der Waals surface area contributed by atoms with Crippen molar-refractivity contribution < 1.29 is 9.47 Å². The first-order valence-electron chi connectivity index (χ1n) is 7.12. The van der Waals surface area contributed by atoms with Gasteiger partial charge in [0.1, 0.15) is 11.5 Å². The average molecular weight is 263 g/mol. The fourth-order valence-electron chi connectivity index (χ4n) is 2.86. The molecule has 0 aromatic heterocycles. The van der Waals surface area contributed by atoms with Gasteiger partial charge in [0, 0.05) is 12.1 Å². The molecule has 3 heteroatoms. The van der Waals surface area contributed by atoms with Crippen LogP contribution in [0.1, 0.15) is 33.1 Å². The minimum absolute atomic E-state index is 0.518. The highest BCUT2D eigenvalue weighted by atomic mass is 16.5. The van der Waals surface area contributed by atoms with Gasteiger partial charge in [-0.1, -0.05) is 20.3 Å². The van der Waals surface area contributed by atoms with Crippen LogP contribution >= 0.6 is 0 Å². The Balaban J connectivity index is 2.16. The fraction of sp³-hybridized carbons (Fsp3) is 0.625. The van der Waals surface area contributed by atoms with Crippen LogP contribution in [0.5, 0.6) is 11.5 Å². The fourth-order valence-corrected chi connectivity index (χ4v) is 2.86. The lowest BCUT2D eigenvalue weighted by Crippen LogP contribution is -2.33. The third-order valence-electron chi connectivity index (χ3n) is 4.21. The second-order valence-corrected chi connectivity index (χ2v) is 5.71. The van der Waals surface area contributed by atoms with Crippen LogP contribution in [0.4, 0.5) is 5.69 Å². The SMILES string of the molecule is COc1ccc(OC)c(NC2CC(C)CCC2C)c1. The predicted octanol–water partition coefficient (Wildman–Crippen LogP) is 3.94. The molecule has 0 radical (unpaired) electrons. The van der Waals surface area contributed by atoms with E-state index >= 15 is 0 Å². The summed E-state index contributed by atoms with van der Waals surface area (Å²) in [5, 5.41) is 3.65. The zero-order valence-electron chi connectivity index (χ0n) is 12.4. The van der Waals surface area contributed by atoms with E-state index in [4.69, 9.17) is 9.47 Å². The topological polar surface area (TPSA) is 30.5 Å². The Morgan fingerprint density at radius 2 is 1.89 bits per heavy atom. The third kappa shape index (κ3) is 3.34. The van der Waals surface area contributed by atoms with Crippen molar-refractivity contribution in [2.24, 2.45) is 11.8 Å². The second-order valence-electron chi connectivity index (χ2n) is 5.71. The van der Waals surface area contributed by atoms with Gasteiger partial charge in [0.15, 0.2) is 0 Å². The molecular formula is C16H25NO2. The first-order valence-corrected chi connectivity index (χ1v) is 7.12. The zero-order valence-corrected chi connectivity index (χ0v) is 12.4. The Labute approximate surface area is 116 Å². The molecule has 1 saturated carbocycles. The lowest BCUT2D eigenvalue weighted by molar-refractivity contribution is 0.280. The van der Waals surface area contributed by atoms with Crippen LogP contribution in [0.3, 0.4) is 0 Å². The molecule has 1 fully saturated rings. The van der Waals surface area contributed by atoms with Crippen molar-refractivity contribution in [3.05, 3.63) is 18.2 Å². The Bertz CT molecular complexity index is 419. The predicted molar refractivity (Wildman–Crippen MR) is 79.1 cm³/mol. The summed E-state index contributed by atoms with van der Waals surface area (Å²) in [6.07, 6.45) is 3.86. The normalized spacial score (nSPS) is 26.8. The van der Waals surface area contributed by atoms with Crippen molar-refractivity contribution in [1.82, 2.24) is 0 Å². The van der Waals surface area contributed by atoms with Crippen molar-refractivity contribution >= 4 is 5.69 Å². The van der Waals surface area contributed by atoms with E-state index < -0.39 is 0 Å². The molecule has 2 rings (SSSR count). The van der Waals surface area contributed by atoms with Gasteiger partial charge in [-0.25, -0.2) is 0 Å². The lowest BCUT2D eigenvalue weighted by Gasteiger charge is -2.34. The van der Waals surface area contributed by atoms with Crippen LogP contribution in [-0.2, 0) is 0 Å². The van der Waals surface area contributed by atoms with Gasteiger partial charge in [-0.2, -0.15) is 0 Å². The molecular weight excluding hydrogens is 238 g/mol. The highest BCUT2D eigenvalue weighted by Gasteiger charge is 2.26. The van der Waals surface area contributed by atoms with Crippen LogP contribution in [0.25, 0.3) is 0 Å². The van der Waals surface area contributed by atoms with Crippen LogP contribution in [0.15, 0.2) is 18.2 Å². The van der Waals surface area contributed by atoms with Crippen LogP contribution in [0.2, 0.25) is 0 Å². The van der Waals surface area contributed by atoms with E-state index in [9.17, 15) is 0 Å². The Hall–Kier alpha value is -1.38. The average Bonchev–Trinajstić information content (AvgIpc) is 2.42. The minimum atomic E-state index is 0.518. The van der Waals surface area contributed by atoms with E-state index in [0.717, 1.165) is 23.1 Å². The molecule has 106 valence electrons. The van der Waals surface area contributed by atoms with E-state index in [2.05, 4.69) is 19.2 Å². The minimum Gasteiger partial charge on any atom is -0.497 e. The zero-order chi connectivity index (χ0) is 13.8. The molecule has 0 spiro atoms. The number of anilines is 1.